The van der Waals surface area contributed by atoms with E-state index in [1.807, 2.05) is 31.8 Å². The number of nitrogens with zero attached hydrogens (tertiary/aromatic N) is 4. The zero-order chi connectivity index (χ0) is 16.4. The molecule has 1 fully saturated rings. The molecule has 0 spiro atoms. The molecule has 1 N–H and O–H groups in total. The lowest BCUT2D eigenvalue weighted by molar-refractivity contribution is -0.121. The predicted octanol–water partition coefficient (Wildman–Crippen LogP) is 1.92. The number of piperidine rings is 1. The Morgan fingerprint density at radius 2 is 2.17 bits per heavy atom. The van der Waals surface area contributed by atoms with Crippen molar-refractivity contribution in [2.24, 2.45) is 7.05 Å². The van der Waals surface area contributed by atoms with Gasteiger partial charge in [-0.25, -0.2) is 0 Å². The number of likely N-dealkylation sites (tertiary alicyclic amines) is 1. The van der Waals surface area contributed by atoms with E-state index in [1.165, 1.54) is 5.69 Å². The third-order valence-corrected chi connectivity index (χ3v) is 4.61. The van der Waals surface area contributed by atoms with Crippen molar-refractivity contribution in [2.45, 2.75) is 38.6 Å². The molecular weight excluding hydrogens is 294 g/mol. The van der Waals surface area contributed by atoms with Gasteiger partial charge in [-0.15, -0.1) is 0 Å². The zero-order valence-corrected chi connectivity index (χ0v) is 13.8. The maximum absolute atomic E-state index is 12.3. The van der Waals surface area contributed by atoms with Crippen molar-refractivity contribution in [3.8, 4) is 0 Å². The van der Waals surface area contributed by atoms with E-state index in [9.17, 15) is 4.79 Å². The summed E-state index contributed by atoms with van der Waals surface area (Å²) < 4.78 is 6.99. The van der Waals surface area contributed by atoms with Crippen LogP contribution in [0.4, 0.5) is 5.88 Å². The molecule has 2 aromatic rings. The van der Waals surface area contributed by atoms with Crippen LogP contribution in [0.5, 0.6) is 0 Å². The van der Waals surface area contributed by atoms with E-state index in [1.54, 1.807) is 6.07 Å². The Balaban J connectivity index is 1.54. The summed E-state index contributed by atoms with van der Waals surface area (Å²) >= 11 is 0. The minimum atomic E-state index is -0.187. The van der Waals surface area contributed by atoms with Crippen molar-refractivity contribution in [1.29, 1.82) is 0 Å². The van der Waals surface area contributed by atoms with Gasteiger partial charge in [0.05, 0.1) is 11.7 Å². The number of aryl methyl sites for hydroxylation is 2. The lowest BCUT2D eigenvalue weighted by atomic mass is 9.92. The topological polar surface area (TPSA) is 76.2 Å². The molecule has 1 aliphatic rings. The van der Waals surface area contributed by atoms with Crippen molar-refractivity contribution >= 4 is 11.8 Å². The largest absolute Gasteiger partial charge is 0.338 e. The molecule has 0 aromatic carbocycles. The first-order valence-corrected chi connectivity index (χ1v) is 8.00. The smallest absolute Gasteiger partial charge is 0.243 e. The molecule has 3 heterocycles. The van der Waals surface area contributed by atoms with E-state index in [4.69, 9.17) is 4.52 Å². The predicted molar refractivity (Wildman–Crippen MR) is 86.1 cm³/mol. The summed E-state index contributed by atoms with van der Waals surface area (Å²) in [7, 11) is 1.98. The summed E-state index contributed by atoms with van der Waals surface area (Å²) in [6.07, 6.45) is 3.92. The molecule has 7 nitrogen and oxygen atoms in total. The standard InChI is InChI=1S/C16H23N5O2/c1-11-10-15(23-19-11)18-16(22)12(2)21-8-5-13(6-9-21)14-4-7-17-20(14)3/h4,7,10,12-13H,5-6,8-9H2,1-3H3,(H,18,22)/t12-/m0/s1. The highest BCUT2D eigenvalue weighted by Gasteiger charge is 2.28. The molecule has 7 heteroatoms. The van der Waals surface area contributed by atoms with Gasteiger partial charge >= 0.3 is 0 Å². The summed E-state index contributed by atoms with van der Waals surface area (Å²) in [5.74, 6) is 0.871. The fourth-order valence-electron chi connectivity index (χ4n) is 3.18. The average molecular weight is 317 g/mol. The van der Waals surface area contributed by atoms with Crippen molar-refractivity contribution in [3.63, 3.8) is 0 Å². The van der Waals surface area contributed by atoms with Gasteiger partial charge in [-0.3, -0.25) is 19.7 Å². The minimum Gasteiger partial charge on any atom is -0.338 e. The highest BCUT2D eigenvalue weighted by atomic mass is 16.5. The van der Waals surface area contributed by atoms with Gasteiger partial charge in [0.25, 0.3) is 0 Å². The molecule has 0 aliphatic carbocycles. The SMILES string of the molecule is Cc1cc(NC(=O)[C@H](C)N2CCC(c3ccnn3C)CC2)on1. The Morgan fingerprint density at radius 1 is 1.43 bits per heavy atom. The van der Waals surface area contributed by atoms with E-state index in [-0.39, 0.29) is 11.9 Å². The number of hydrogen-bond acceptors (Lipinski definition) is 5. The Labute approximate surface area is 135 Å². The number of carbonyl (C=O) groups excluding carboxylic acids is 1. The first kappa shape index (κ1) is 15.7. The van der Waals surface area contributed by atoms with Gasteiger partial charge in [-0.1, -0.05) is 5.16 Å². The average Bonchev–Trinajstić information content (AvgIpc) is 3.15. The van der Waals surface area contributed by atoms with E-state index >= 15 is 0 Å². The molecule has 1 atom stereocenters. The van der Waals surface area contributed by atoms with Crippen LogP contribution in [0.3, 0.4) is 0 Å². The van der Waals surface area contributed by atoms with E-state index in [0.717, 1.165) is 31.6 Å². The van der Waals surface area contributed by atoms with Crippen LogP contribution in [0.15, 0.2) is 22.9 Å². The molecular formula is C16H23N5O2. The van der Waals surface area contributed by atoms with Crippen LogP contribution in [-0.4, -0.2) is 44.9 Å². The molecule has 3 rings (SSSR count). The molecule has 0 unspecified atom stereocenters. The second-order valence-electron chi connectivity index (χ2n) is 6.19. The molecule has 23 heavy (non-hydrogen) atoms. The lowest BCUT2D eigenvalue weighted by Gasteiger charge is -2.35. The third-order valence-electron chi connectivity index (χ3n) is 4.61. The number of hydrogen-bond donors (Lipinski definition) is 1. The molecule has 0 bridgehead atoms. The number of rotatable bonds is 4. The molecule has 2 aromatic heterocycles. The summed E-state index contributed by atoms with van der Waals surface area (Å²) in [4.78, 5) is 14.5. The highest BCUT2D eigenvalue weighted by Crippen LogP contribution is 2.28. The zero-order valence-electron chi connectivity index (χ0n) is 13.8. The molecule has 1 amide bonds. The third kappa shape index (κ3) is 3.44. The monoisotopic (exact) mass is 317 g/mol. The Bertz CT molecular complexity index is 670. The maximum atomic E-state index is 12.3. The van der Waals surface area contributed by atoms with Crippen LogP contribution in [0.25, 0.3) is 0 Å². The van der Waals surface area contributed by atoms with Crippen LogP contribution in [-0.2, 0) is 11.8 Å². The van der Waals surface area contributed by atoms with Gasteiger partial charge in [0.1, 0.15) is 0 Å². The highest BCUT2D eigenvalue weighted by molar-refractivity contribution is 5.93. The van der Waals surface area contributed by atoms with E-state index in [0.29, 0.717) is 11.8 Å². The Morgan fingerprint density at radius 3 is 2.74 bits per heavy atom. The summed E-state index contributed by atoms with van der Waals surface area (Å²) in [6.45, 7) is 5.56. The van der Waals surface area contributed by atoms with Crippen molar-refractivity contribution in [1.82, 2.24) is 19.8 Å². The van der Waals surface area contributed by atoms with Gasteiger partial charge in [-0.05, 0) is 45.8 Å². The van der Waals surface area contributed by atoms with Gasteiger partial charge in [0.15, 0.2) is 0 Å². The van der Waals surface area contributed by atoms with E-state index < -0.39 is 0 Å². The van der Waals surface area contributed by atoms with Gasteiger partial charge < -0.3 is 4.52 Å². The quantitative estimate of drug-likeness (QED) is 0.932. The van der Waals surface area contributed by atoms with Crippen molar-refractivity contribution in [2.75, 3.05) is 18.4 Å². The Hall–Kier alpha value is -2.15. The number of nitrogens with one attached hydrogen (secondary N) is 1. The minimum absolute atomic E-state index is 0.0554. The number of carbonyl (C=O) groups is 1. The van der Waals surface area contributed by atoms with Crippen LogP contribution in [0, 0.1) is 6.92 Å². The number of anilines is 1. The normalized spacial score (nSPS) is 18.0. The number of amides is 1. The van der Waals surface area contributed by atoms with Crippen LogP contribution in [0.1, 0.15) is 37.1 Å². The molecule has 1 aliphatic heterocycles. The lowest BCUT2D eigenvalue weighted by Crippen LogP contribution is -2.45. The molecule has 1 saturated heterocycles. The van der Waals surface area contributed by atoms with Crippen LogP contribution in [0.2, 0.25) is 0 Å². The van der Waals surface area contributed by atoms with E-state index in [2.05, 4.69) is 26.5 Å². The molecule has 0 saturated carbocycles. The van der Waals surface area contributed by atoms with Crippen molar-refractivity contribution < 1.29 is 9.32 Å². The van der Waals surface area contributed by atoms with Gasteiger partial charge in [0.2, 0.25) is 11.8 Å². The first-order valence-electron chi connectivity index (χ1n) is 8.00. The maximum Gasteiger partial charge on any atom is 0.243 e. The van der Waals surface area contributed by atoms with Crippen LogP contribution < -0.4 is 5.32 Å². The second kappa shape index (κ2) is 6.54. The number of aromatic nitrogens is 3. The summed E-state index contributed by atoms with van der Waals surface area (Å²) in [5, 5.41) is 10.8. The molecule has 124 valence electrons. The fraction of sp³-hybridized carbons (Fsp3) is 0.562. The summed E-state index contributed by atoms with van der Waals surface area (Å²) in [6, 6.07) is 3.62. The Kier molecular flexibility index (Phi) is 4.47. The van der Waals surface area contributed by atoms with Gasteiger partial charge in [-0.2, -0.15) is 5.10 Å². The first-order chi connectivity index (χ1) is 11.0. The fourth-order valence-corrected chi connectivity index (χ4v) is 3.18. The molecule has 0 radical (unpaired) electrons. The summed E-state index contributed by atoms with van der Waals surface area (Å²) in [5.41, 5.74) is 2.03. The van der Waals surface area contributed by atoms with Crippen LogP contribution >= 0.6 is 0 Å². The van der Waals surface area contributed by atoms with Gasteiger partial charge in [0, 0.05) is 30.9 Å². The second-order valence-corrected chi connectivity index (χ2v) is 6.19. The van der Waals surface area contributed by atoms with Crippen molar-refractivity contribution in [3.05, 3.63) is 29.7 Å².